The fraction of sp³-hybridized carbons (Fsp3) is 0.167. The van der Waals surface area contributed by atoms with Crippen LogP contribution in [0.25, 0.3) is 0 Å². The molecule has 0 aromatic carbocycles. The Labute approximate surface area is 82.6 Å². The van der Waals surface area contributed by atoms with Gasteiger partial charge in [0, 0.05) is 12.4 Å². The molecule has 1 unspecified atom stereocenters. The van der Waals surface area contributed by atoms with Crippen LogP contribution < -0.4 is 0 Å². The highest BCUT2D eigenvalue weighted by molar-refractivity contribution is 6.76. The van der Waals surface area contributed by atoms with Crippen molar-refractivity contribution in [1.29, 1.82) is 0 Å². The summed E-state index contributed by atoms with van der Waals surface area (Å²) >= 11 is 11.4. The summed E-state index contributed by atoms with van der Waals surface area (Å²) in [5.41, 5.74) is 0. The molecule has 0 N–H and O–H groups in total. The van der Waals surface area contributed by atoms with E-state index in [0.29, 0.717) is 0 Å². The molecule has 2 heterocycles. The summed E-state index contributed by atoms with van der Waals surface area (Å²) in [7, 11) is 0. The summed E-state index contributed by atoms with van der Waals surface area (Å²) in [6, 6.07) is 0. The minimum absolute atomic E-state index is 0.201. The third-order valence-electron chi connectivity index (χ3n) is 1.66. The molecule has 0 aliphatic carbocycles. The lowest BCUT2D eigenvalue weighted by Crippen LogP contribution is -2.47. The van der Waals surface area contributed by atoms with Crippen LogP contribution >= 0.6 is 23.2 Å². The molecule has 2 aliphatic heterocycles. The number of ether oxygens (including phenoxy) is 1. The van der Waals surface area contributed by atoms with Gasteiger partial charge in [-0.25, -0.2) is 19.5 Å². The van der Waals surface area contributed by atoms with Crippen molar-refractivity contribution in [2.45, 2.75) is 5.00 Å². The van der Waals surface area contributed by atoms with Gasteiger partial charge in [0.15, 0.2) is 5.17 Å². The van der Waals surface area contributed by atoms with Crippen LogP contribution in [-0.2, 0) is 9.53 Å². The average Bonchev–Trinajstić information content (AvgIpc) is 2.29. The monoisotopic (exact) mass is 220 g/mol. The minimum Gasteiger partial charge on any atom is -0.373 e. The second-order valence-electron chi connectivity index (χ2n) is 2.37. The molecular formula is C6H2Cl2N2O3. The van der Waals surface area contributed by atoms with Gasteiger partial charge in [0.1, 0.15) is 0 Å². The minimum atomic E-state index is -1.80. The zero-order chi connectivity index (χ0) is 9.64. The van der Waals surface area contributed by atoms with E-state index in [1.807, 2.05) is 0 Å². The number of halogens is 2. The number of carbonyl (C=O) groups is 2. The fourth-order valence-electron chi connectivity index (χ4n) is 1.02. The van der Waals surface area contributed by atoms with E-state index in [1.165, 1.54) is 12.4 Å². The fourth-order valence-corrected chi connectivity index (χ4v) is 1.46. The number of nitrogens with zero attached hydrogens (tertiary/aromatic N) is 2. The number of carbonyl (C=O) groups excluding carboxylic acids is 2. The standard InChI is InChI=1S/C6H2Cl2N2O3/c7-3-6(8)4(11)13-5(12)10(6)2-1-9-3/h1-2H. The molecule has 0 radical (unpaired) electrons. The second-order valence-corrected chi connectivity index (χ2v) is 3.27. The van der Waals surface area contributed by atoms with Gasteiger partial charge in [-0.1, -0.05) is 23.2 Å². The van der Waals surface area contributed by atoms with Gasteiger partial charge in [-0.15, -0.1) is 0 Å². The number of rotatable bonds is 0. The van der Waals surface area contributed by atoms with Crippen molar-refractivity contribution in [3.05, 3.63) is 12.4 Å². The van der Waals surface area contributed by atoms with Crippen LogP contribution in [0, 0.1) is 0 Å². The Kier molecular flexibility index (Phi) is 1.61. The molecule has 1 atom stereocenters. The average molecular weight is 221 g/mol. The molecule has 13 heavy (non-hydrogen) atoms. The quantitative estimate of drug-likeness (QED) is 0.265. The molecule has 0 aromatic heterocycles. The molecule has 2 aliphatic rings. The molecule has 0 bridgehead atoms. The number of fused-ring (bicyclic) bond motifs is 1. The molecular weight excluding hydrogens is 219 g/mol. The number of esters is 1. The highest BCUT2D eigenvalue weighted by Gasteiger charge is 2.58. The number of amides is 1. The van der Waals surface area contributed by atoms with Gasteiger partial charge in [-0.3, -0.25) is 0 Å². The van der Waals surface area contributed by atoms with Gasteiger partial charge in [0.05, 0.1) is 0 Å². The lowest BCUT2D eigenvalue weighted by atomic mass is 10.3. The summed E-state index contributed by atoms with van der Waals surface area (Å²) in [5.74, 6) is -0.933. The van der Waals surface area contributed by atoms with Crippen molar-refractivity contribution in [3.63, 3.8) is 0 Å². The molecule has 2 rings (SSSR count). The van der Waals surface area contributed by atoms with Crippen LogP contribution in [0.5, 0.6) is 0 Å². The van der Waals surface area contributed by atoms with Crippen LogP contribution in [0.2, 0.25) is 0 Å². The molecule has 0 aromatic rings. The van der Waals surface area contributed by atoms with Crippen molar-refractivity contribution in [3.8, 4) is 0 Å². The number of aliphatic imine (C=N–C) groups is 1. The Morgan fingerprint density at radius 1 is 1.54 bits per heavy atom. The van der Waals surface area contributed by atoms with Gasteiger partial charge in [0.2, 0.25) is 0 Å². The van der Waals surface area contributed by atoms with Crippen molar-refractivity contribution in [2.24, 2.45) is 4.99 Å². The van der Waals surface area contributed by atoms with Gasteiger partial charge < -0.3 is 4.74 Å². The Balaban J connectivity index is 2.55. The van der Waals surface area contributed by atoms with Gasteiger partial charge in [-0.2, -0.15) is 0 Å². The van der Waals surface area contributed by atoms with Gasteiger partial charge in [0.25, 0.3) is 5.00 Å². The van der Waals surface area contributed by atoms with Crippen molar-refractivity contribution in [1.82, 2.24) is 4.90 Å². The number of cyclic esters (lactones) is 2. The normalized spacial score (nSPS) is 31.5. The first-order valence-corrected chi connectivity index (χ1v) is 3.97. The summed E-state index contributed by atoms with van der Waals surface area (Å²) in [5, 5.41) is -0.201. The summed E-state index contributed by atoms with van der Waals surface area (Å²) in [6.45, 7) is 0. The maximum absolute atomic E-state index is 11.1. The van der Waals surface area contributed by atoms with Crippen LogP contribution in [0.1, 0.15) is 0 Å². The third kappa shape index (κ3) is 0.911. The van der Waals surface area contributed by atoms with Crippen LogP contribution in [0.15, 0.2) is 17.4 Å². The maximum Gasteiger partial charge on any atom is 0.424 e. The molecule has 1 saturated heterocycles. The Morgan fingerprint density at radius 2 is 2.23 bits per heavy atom. The van der Waals surface area contributed by atoms with Crippen LogP contribution in [0.4, 0.5) is 4.79 Å². The Morgan fingerprint density at radius 3 is 2.85 bits per heavy atom. The van der Waals surface area contributed by atoms with E-state index in [-0.39, 0.29) is 5.17 Å². The zero-order valence-electron chi connectivity index (χ0n) is 6.03. The number of hydrogen-bond acceptors (Lipinski definition) is 4. The number of alkyl halides is 1. The SMILES string of the molecule is O=C1OC(=O)C2(Cl)C(Cl)=NC=CN12. The van der Waals surface area contributed by atoms with Crippen LogP contribution in [0.3, 0.4) is 0 Å². The highest BCUT2D eigenvalue weighted by atomic mass is 35.5. The van der Waals surface area contributed by atoms with E-state index in [1.54, 1.807) is 0 Å². The predicted octanol–water partition coefficient (Wildman–Crippen LogP) is 1.02. The molecule has 1 amide bonds. The predicted molar refractivity (Wildman–Crippen MR) is 44.3 cm³/mol. The third-order valence-corrected chi connectivity index (χ3v) is 2.64. The first-order valence-electron chi connectivity index (χ1n) is 3.22. The molecule has 1 fully saturated rings. The molecule has 0 saturated carbocycles. The zero-order valence-corrected chi connectivity index (χ0v) is 7.54. The van der Waals surface area contributed by atoms with Gasteiger partial charge >= 0.3 is 12.1 Å². The first-order chi connectivity index (χ1) is 6.06. The van der Waals surface area contributed by atoms with Crippen molar-refractivity contribution >= 4 is 40.4 Å². The van der Waals surface area contributed by atoms with Crippen LogP contribution in [-0.4, -0.2) is 27.1 Å². The molecule has 5 nitrogen and oxygen atoms in total. The molecule has 0 spiro atoms. The lowest BCUT2D eigenvalue weighted by Gasteiger charge is -2.24. The van der Waals surface area contributed by atoms with E-state index < -0.39 is 17.1 Å². The summed E-state index contributed by atoms with van der Waals surface area (Å²) in [6.07, 6.45) is 1.62. The highest BCUT2D eigenvalue weighted by Crippen LogP contribution is 2.35. The van der Waals surface area contributed by atoms with E-state index in [4.69, 9.17) is 23.2 Å². The molecule has 7 heteroatoms. The Hall–Kier alpha value is -1.07. The van der Waals surface area contributed by atoms with Crippen molar-refractivity contribution < 1.29 is 14.3 Å². The first kappa shape index (κ1) is 8.52. The number of hydrogen-bond donors (Lipinski definition) is 0. The van der Waals surface area contributed by atoms with E-state index >= 15 is 0 Å². The smallest absolute Gasteiger partial charge is 0.373 e. The topological polar surface area (TPSA) is 59.0 Å². The van der Waals surface area contributed by atoms with Crippen molar-refractivity contribution in [2.75, 3.05) is 0 Å². The summed E-state index contributed by atoms with van der Waals surface area (Å²) < 4.78 is 4.28. The second kappa shape index (κ2) is 2.46. The van der Waals surface area contributed by atoms with E-state index in [2.05, 4.69) is 9.73 Å². The largest absolute Gasteiger partial charge is 0.424 e. The molecule has 68 valence electrons. The maximum atomic E-state index is 11.1. The van der Waals surface area contributed by atoms with E-state index in [0.717, 1.165) is 4.90 Å². The lowest BCUT2D eigenvalue weighted by molar-refractivity contribution is -0.135. The summed E-state index contributed by atoms with van der Waals surface area (Å²) in [4.78, 5) is 24.8. The van der Waals surface area contributed by atoms with Gasteiger partial charge in [-0.05, 0) is 0 Å². The Bertz CT molecular complexity index is 365. The van der Waals surface area contributed by atoms with E-state index in [9.17, 15) is 9.59 Å².